The van der Waals surface area contributed by atoms with E-state index in [1.165, 1.54) is 0 Å². The van der Waals surface area contributed by atoms with Gasteiger partial charge in [0.05, 0.1) is 12.2 Å². The summed E-state index contributed by atoms with van der Waals surface area (Å²) in [6.07, 6.45) is 2.57. The van der Waals surface area contributed by atoms with E-state index in [0.29, 0.717) is 6.61 Å². The number of hydrogen-bond acceptors (Lipinski definition) is 5. The van der Waals surface area contributed by atoms with Gasteiger partial charge < -0.3 is 24.8 Å². The molecular formula is C14H26O6. The first kappa shape index (κ1) is 17.4. The molecule has 1 fully saturated rings. The number of rotatable bonds is 9. The van der Waals surface area contributed by atoms with E-state index in [1.807, 2.05) is 0 Å². The summed E-state index contributed by atoms with van der Waals surface area (Å²) in [5, 5.41) is 27.7. The molecular weight excluding hydrogens is 264 g/mol. The van der Waals surface area contributed by atoms with Crippen molar-refractivity contribution in [1.29, 1.82) is 0 Å². The number of aliphatic hydroxyl groups excluding tert-OH is 2. The average Bonchev–Trinajstić information content (AvgIpc) is 2.38. The van der Waals surface area contributed by atoms with E-state index in [0.717, 1.165) is 32.1 Å². The molecule has 0 aromatic rings. The second-order valence-electron chi connectivity index (χ2n) is 5.36. The molecule has 3 N–H and O–H groups in total. The van der Waals surface area contributed by atoms with Crippen LogP contribution in [0.5, 0.6) is 0 Å². The van der Waals surface area contributed by atoms with Crippen LogP contribution in [0, 0.1) is 0 Å². The fourth-order valence-corrected chi connectivity index (χ4v) is 2.20. The third kappa shape index (κ3) is 6.65. The summed E-state index contributed by atoms with van der Waals surface area (Å²) in [4.78, 5) is 10.3. The van der Waals surface area contributed by atoms with Crippen molar-refractivity contribution in [3.63, 3.8) is 0 Å². The van der Waals surface area contributed by atoms with Gasteiger partial charge in [0.1, 0.15) is 6.10 Å². The second kappa shape index (κ2) is 9.28. The summed E-state index contributed by atoms with van der Waals surface area (Å²) in [5.41, 5.74) is 0. The Morgan fingerprint density at radius 1 is 1.15 bits per heavy atom. The Bertz CT molecular complexity index is 283. The van der Waals surface area contributed by atoms with Crippen LogP contribution in [0.1, 0.15) is 51.9 Å². The normalized spacial score (nSPS) is 30.4. The highest BCUT2D eigenvalue weighted by atomic mass is 16.7. The molecule has 0 radical (unpaired) electrons. The summed E-state index contributed by atoms with van der Waals surface area (Å²) in [6.45, 7) is 2.26. The maximum Gasteiger partial charge on any atom is 0.303 e. The Balaban J connectivity index is 1.99. The van der Waals surface area contributed by atoms with Crippen molar-refractivity contribution < 1.29 is 29.6 Å². The zero-order chi connectivity index (χ0) is 15.0. The summed E-state index contributed by atoms with van der Waals surface area (Å²) in [5.74, 6) is -0.743. The lowest BCUT2D eigenvalue weighted by Gasteiger charge is -2.35. The van der Waals surface area contributed by atoms with Crippen LogP contribution in [0.3, 0.4) is 0 Å². The summed E-state index contributed by atoms with van der Waals surface area (Å²) in [6, 6.07) is 0. The molecule has 1 aliphatic rings. The number of carbonyl (C=O) groups is 1. The zero-order valence-electron chi connectivity index (χ0n) is 12.0. The first-order valence-electron chi connectivity index (χ1n) is 7.35. The lowest BCUT2D eigenvalue weighted by Crippen LogP contribution is -2.47. The minimum absolute atomic E-state index is 0.235. The first-order valence-corrected chi connectivity index (χ1v) is 7.35. The van der Waals surface area contributed by atoms with Crippen molar-refractivity contribution in [2.45, 2.75) is 76.5 Å². The van der Waals surface area contributed by atoms with Crippen LogP contribution in [0.2, 0.25) is 0 Å². The van der Waals surface area contributed by atoms with E-state index in [1.54, 1.807) is 6.92 Å². The largest absolute Gasteiger partial charge is 0.481 e. The second-order valence-corrected chi connectivity index (χ2v) is 5.36. The topological polar surface area (TPSA) is 96.2 Å². The highest BCUT2D eigenvalue weighted by molar-refractivity contribution is 5.66. The lowest BCUT2D eigenvalue weighted by atomic mass is 10.0. The van der Waals surface area contributed by atoms with Gasteiger partial charge in [-0.1, -0.05) is 19.3 Å². The van der Waals surface area contributed by atoms with Gasteiger partial charge in [-0.15, -0.1) is 0 Å². The molecule has 0 spiro atoms. The number of carboxylic acids is 1. The van der Waals surface area contributed by atoms with Crippen LogP contribution in [-0.2, 0) is 14.3 Å². The lowest BCUT2D eigenvalue weighted by molar-refractivity contribution is -0.261. The van der Waals surface area contributed by atoms with Crippen LogP contribution < -0.4 is 0 Å². The van der Waals surface area contributed by atoms with Gasteiger partial charge in [-0.05, 0) is 19.8 Å². The van der Waals surface area contributed by atoms with Gasteiger partial charge in [0.15, 0.2) is 6.29 Å². The van der Waals surface area contributed by atoms with E-state index < -0.39 is 24.5 Å². The number of hydrogen-bond donors (Lipinski definition) is 3. The molecule has 0 aliphatic carbocycles. The van der Waals surface area contributed by atoms with Crippen molar-refractivity contribution in [2.75, 3.05) is 6.61 Å². The van der Waals surface area contributed by atoms with Crippen molar-refractivity contribution in [2.24, 2.45) is 0 Å². The Labute approximate surface area is 119 Å². The third-order valence-electron chi connectivity index (χ3n) is 3.50. The molecule has 4 atom stereocenters. The molecule has 0 unspecified atom stereocenters. The summed E-state index contributed by atoms with van der Waals surface area (Å²) < 4.78 is 10.9. The molecule has 6 nitrogen and oxygen atoms in total. The highest BCUT2D eigenvalue weighted by Crippen LogP contribution is 2.21. The number of ether oxygens (including phenoxy) is 2. The van der Waals surface area contributed by atoms with E-state index in [2.05, 4.69) is 0 Å². The SMILES string of the molecule is C[C@@H]1O[C@@H](OCCCCCCCC(=O)O)[C@H](O)C[C@H]1O. The molecule has 1 heterocycles. The van der Waals surface area contributed by atoms with Crippen LogP contribution in [0.15, 0.2) is 0 Å². The van der Waals surface area contributed by atoms with Gasteiger partial charge in [0.25, 0.3) is 0 Å². The van der Waals surface area contributed by atoms with Gasteiger partial charge in [0.2, 0.25) is 0 Å². The molecule has 0 saturated carbocycles. The summed E-state index contributed by atoms with van der Waals surface area (Å²) in [7, 11) is 0. The molecule has 0 aromatic heterocycles. The average molecular weight is 290 g/mol. The first-order chi connectivity index (χ1) is 9.50. The van der Waals surface area contributed by atoms with E-state index in [-0.39, 0.29) is 18.9 Å². The maximum absolute atomic E-state index is 10.3. The highest BCUT2D eigenvalue weighted by Gasteiger charge is 2.34. The van der Waals surface area contributed by atoms with Crippen LogP contribution >= 0.6 is 0 Å². The number of carboxylic acid groups (broad SMARTS) is 1. The van der Waals surface area contributed by atoms with Gasteiger partial charge in [-0.3, -0.25) is 4.79 Å². The molecule has 1 aliphatic heterocycles. The number of aliphatic hydroxyl groups is 2. The van der Waals surface area contributed by atoms with E-state index in [4.69, 9.17) is 14.6 Å². The Hall–Kier alpha value is -0.690. The molecule has 118 valence electrons. The standard InChI is InChI=1S/C14H26O6/c1-10-11(15)9-12(16)14(20-10)19-8-6-4-2-3-5-7-13(17)18/h10-12,14-16H,2-9H2,1H3,(H,17,18)/t10-,11+,12+,14+/m0/s1. The van der Waals surface area contributed by atoms with Crippen LogP contribution in [0.4, 0.5) is 0 Å². The van der Waals surface area contributed by atoms with Crippen molar-refractivity contribution in [3.05, 3.63) is 0 Å². The molecule has 1 rings (SSSR count). The third-order valence-corrected chi connectivity index (χ3v) is 3.50. The van der Waals surface area contributed by atoms with Crippen molar-refractivity contribution >= 4 is 5.97 Å². The van der Waals surface area contributed by atoms with Crippen molar-refractivity contribution in [3.8, 4) is 0 Å². The van der Waals surface area contributed by atoms with Crippen LogP contribution in [-0.4, -0.2) is 52.5 Å². The zero-order valence-corrected chi connectivity index (χ0v) is 12.0. The predicted octanol–water partition coefficient (Wildman–Crippen LogP) is 1.28. The monoisotopic (exact) mass is 290 g/mol. The fraction of sp³-hybridized carbons (Fsp3) is 0.929. The van der Waals surface area contributed by atoms with Crippen LogP contribution in [0.25, 0.3) is 0 Å². The fourth-order valence-electron chi connectivity index (χ4n) is 2.20. The smallest absolute Gasteiger partial charge is 0.303 e. The molecule has 0 bridgehead atoms. The molecule has 1 saturated heterocycles. The van der Waals surface area contributed by atoms with Gasteiger partial charge in [-0.25, -0.2) is 0 Å². The Kier molecular flexibility index (Phi) is 8.06. The van der Waals surface area contributed by atoms with E-state index >= 15 is 0 Å². The molecule has 0 amide bonds. The van der Waals surface area contributed by atoms with E-state index in [9.17, 15) is 15.0 Å². The van der Waals surface area contributed by atoms with Crippen molar-refractivity contribution in [1.82, 2.24) is 0 Å². The number of aliphatic carboxylic acids is 1. The predicted molar refractivity (Wildman–Crippen MR) is 72.3 cm³/mol. The number of unbranched alkanes of at least 4 members (excludes halogenated alkanes) is 4. The minimum Gasteiger partial charge on any atom is -0.481 e. The Morgan fingerprint density at radius 3 is 2.50 bits per heavy atom. The van der Waals surface area contributed by atoms with Gasteiger partial charge in [-0.2, -0.15) is 0 Å². The summed E-state index contributed by atoms with van der Waals surface area (Å²) >= 11 is 0. The Morgan fingerprint density at radius 2 is 1.80 bits per heavy atom. The minimum atomic E-state index is -0.781. The quantitative estimate of drug-likeness (QED) is 0.554. The molecule has 6 heteroatoms. The maximum atomic E-state index is 10.3. The molecule has 20 heavy (non-hydrogen) atoms. The van der Waals surface area contributed by atoms with Gasteiger partial charge in [0, 0.05) is 19.4 Å². The molecule has 0 aromatic carbocycles. The van der Waals surface area contributed by atoms with Gasteiger partial charge >= 0.3 is 5.97 Å².